The van der Waals surface area contributed by atoms with E-state index in [-0.39, 0.29) is 72.8 Å². The number of amides is 4. The summed E-state index contributed by atoms with van der Waals surface area (Å²) in [4.78, 5) is 52.1. The van der Waals surface area contributed by atoms with Crippen molar-refractivity contribution in [1.29, 1.82) is 0 Å². The van der Waals surface area contributed by atoms with Crippen molar-refractivity contribution in [3.63, 3.8) is 0 Å². The number of hydrogen-bond acceptors (Lipinski definition) is 9. The van der Waals surface area contributed by atoms with Crippen molar-refractivity contribution in [2.45, 2.75) is 102 Å². The molecule has 4 amide bonds. The van der Waals surface area contributed by atoms with E-state index in [4.69, 9.17) is 4.74 Å². The van der Waals surface area contributed by atoms with E-state index in [0.717, 1.165) is 25.7 Å². The van der Waals surface area contributed by atoms with Gasteiger partial charge in [-0.15, -0.1) is 0 Å². The molecule has 0 spiro atoms. The molecule has 5 atom stereocenters. The Labute approximate surface area is 264 Å². The van der Waals surface area contributed by atoms with Gasteiger partial charge in [0.2, 0.25) is 17.7 Å². The van der Waals surface area contributed by atoms with Gasteiger partial charge in [-0.25, -0.2) is 13.2 Å². The molecule has 2 saturated heterocycles. The van der Waals surface area contributed by atoms with Gasteiger partial charge in [-0.2, -0.15) is 0 Å². The van der Waals surface area contributed by atoms with E-state index in [0.29, 0.717) is 38.3 Å². The van der Waals surface area contributed by atoms with E-state index < -0.39 is 45.6 Å². The molecule has 2 heterocycles. The third-order valence-corrected chi connectivity index (χ3v) is 8.94. The van der Waals surface area contributed by atoms with Gasteiger partial charge in [-0.05, 0) is 50.4 Å². The van der Waals surface area contributed by atoms with Crippen molar-refractivity contribution in [3.05, 3.63) is 0 Å². The fourth-order valence-corrected chi connectivity index (χ4v) is 6.41. The van der Waals surface area contributed by atoms with Gasteiger partial charge in [0.05, 0.1) is 12.1 Å². The number of ether oxygens (including phenoxy) is 1. The van der Waals surface area contributed by atoms with Crippen LogP contribution in [0.15, 0.2) is 0 Å². The summed E-state index contributed by atoms with van der Waals surface area (Å²) in [7, 11) is -5.20. The number of nitrogens with zero attached hydrogens (tertiary/aromatic N) is 1. The molecule has 1 saturated carbocycles. The number of likely N-dealkylation sites (tertiary alicyclic amines) is 1. The van der Waals surface area contributed by atoms with Crippen LogP contribution >= 0.6 is 0 Å². The monoisotopic (exact) mass is 610 g/mol. The molecule has 0 bridgehead atoms. The number of carbonyl (C=O) groups is 4. The Morgan fingerprint density at radius 2 is 1.80 bits per heavy atom. The Bertz CT molecular complexity index is 1020. The molecule has 2 aliphatic heterocycles. The predicted octanol–water partition coefficient (Wildman–Crippen LogP) is -2.42. The zero-order chi connectivity index (χ0) is 29.4. The molecule has 0 radical (unpaired) electrons. The molecular formula is C26H43N4NaO9S. The van der Waals surface area contributed by atoms with Gasteiger partial charge < -0.3 is 35.2 Å². The number of aliphatic hydroxyl groups is 1. The van der Waals surface area contributed by atoms with Crippen LogP contribution in [0.5, 0.6) is 0 Å². The van der Waals surface area contributed by atoms with Crippen LogP contribution in [0.25, 0.3) is 0 Å². The number of aliphatic hydroxyl groups excluding tert-OH is 1. The van der Waals surface area contributed by atoms with Gasteiger partial charge in [-0.1, -0.05) is 33.1 Å². The van der Waals surface area contributed by atoms with Crippen LogP contribution < -0.4 is 45.5 Å². The molecule has 1 aliphatic carbocycles. The van der Waals surface area contributed by atoms with E-state index >= 15 is 0 Å². The second kappa shape index (κ2) is 16.4. The van der Waals surface area contributed by atoms with Crippen LogP contribution in [0.3, 0.4) is 0 Å². The molecule has 41 heavy (non-hydrogen) atoms. The summed E-state index contributed by atoms with van der Waals surface area (Å²) < 4.78 is 40.1. The SMILES string of the molecule is CC(C)C[C@H](NC(=O)OC[C@H]1CCC(=O)N1CC1CCCCC1)C(=O)N[C@@H](C[C@@H]1CCNC1=O)C(O)S(=O)(=O)[O-].[Na+]. The van der Waals surface area contributed by atoms with E-state index in [1.54, 1.807) is 4.90 Å². The number of hydrogen-bond donors (Lipinski definition) is 4. The smallest absolute Gasteiger partial charge is 0.746 e. The standard InChI is InChI=1S/C26H44N4O9S.Na/c1-16(2)12-20(24(33)28-21(25(34)40(36,37)38)13-18-10-11-27-23(18)32)29-26(35)39-15-19-8-9-22(31)30(19)14-17-6-4-3-5-7-17;/h16-21,25,34H,3-15H2,1-2H3,(H,27,32)(H,28,33)(H,29,35)(H,36,37,38);/q;+1/p-1/t18-,19+,20-,21-,25?;/m0./s1. The normalized spacial score (nSPS) is 23.9. The molecule has 0 aromatic carbocycles. The average molecular weight is 611 g/mol. The van der Waals surface area contributed by atoms with Crippen LogP contribution in [-0.4, -0.2) is 90.0 Å². The molecule has 1 unspecified atom stereocenters. The maximum absolute atomic E-state index is 13.1. The summed E-state index contributed by atoms with van der Waals surface area (Å²) in [6.45, 7) is 4.62. The minimum Gasteiger partial charge on any atom is -0.746 e. The van der Waals surface area contributed by atoms with Gasteiger partial charge in [0, 0.05) is 25.4 Å². The molecule has 3 aliphatic rings. The molecule has 3 fully saturated rings. The maximum Gasteiger partial charge on any atom is 1.00 e. The minimum atomic E-state index is -5.20. The zero-order valence-corrected chi connectivity index (χ0v) is 27.1. The number of alkyl carbamates (subject to hydrolysis) is 1. The summed E-state index contributed by atoms with van der Waals surface area (Å²) in [6.07, 6.45) is 6.05. The Hall–Kier alpha value is -1.45. The Morgan fingerprint density at radius 3 is 2.39 bits per heavy atom. The molecular weight excluding hydrogens is 567 g/mol. The van der Waals surface area contributed by atoms with Crippen LogP contribution in [0, 0.1) is 17.8 Å². The molecule has 228 valence electrons. The van der Waals surface area contributed by atoms with E-state index in [1.165, 1.54) is 6.42 Å². The summed E-state index contributed by atoms with van der Waals surface area (Å²) in [5, 5.41) is 17.6. The molecule has 0 aromatic heterocycles. The topological polar surface area (TPSA) is 194 Å². The van der Waals surface area contributed by atoms with Crippen molar-refractivity contribution in [2.75, 3.05) is 19.7 Å². The van der Waals surface area contributed by atoms with Crippen molar-refractivity contribution in [2.24, 2.45) is 17.8 Å². The molecule has 3 rings (SSSR count). The fourth-order valence-electron chi connectivity index (χ4n) is 5.83. The van der Waals surface area contributed by atoms with Crippen molar-refractivity contribution < 1.29 is 71.5 Å². The second-order valence-electron chi connectivity index (χ2n) is 11.7. The fraction of sp³-hybridized carbons (Fsp3) is 0.846. The van der Waals surface area contributed by atoms with E-state index in [2.05, 4.69) is 16.0 Å². The second-order valence-corrected chi connectivity index (χ2v) is 13.1. The average Bonchev–Trinajstić information content (AvgIpc) is 3.45. The van der Waals surface area contributed by atoms with Crippen LogP contribution in [0.2, 0.25) is 0 Å². The van der Waals surface area contributed by atoms with Crippen molar-refractivity contribution >= 4 is 33.9 Å². The van der Waals surface area contributed by atoms with Gasteiger partial charge in [0.15, 0.2) is 5.44 Å². The van der Waals surface area contributed by atoms with E-state index in [1.807, 2.05) is 13.8 Å². The first-order valence-corrected chi connectivity index (χ1v) is 15.8. The summed E-state index contributed by atoms with van der Waals surface area (Å²) >= 11 is 0. The Kier molecular flexibility index (Phi) is 14.3. The maximum atomic E-state index is 13.1. The van der Waals surface area contributed by atoms with Crippen LogP contribution in [-0.2, 0) is 29.2 Å². The number of rotatable bonds is 13. The zero-order valence-electron chi connectivity index (χ0n) is 24.3. The minimum absolute atomic E-state index is 0. The molecule has 15 heteroatoms. The van der Waals surface area contributed by atoms with Gasteiger partial charge in [0.1, 0.15) is 22.8 Å². The van der Waals surface area contributed by atoms with Gasteiger partial charge in [0.25, 0.3) is 0 Å². The summed E-state index contributed by atoms with van der Waals surface area (Å²) in [5.74, 6) is -1.44. The first-order chi connectivity index (χ1) is 18.8. The molecule has 4 N–H and O–H groups in total. The molecule has 13 nitrogen and oxygen atoms in total. The Balaban J connectivity index is 0.00000588. The van der Waals surface area contributed by atoms with Gasteiger partial charge in [-0.3, -0.25) is 14.4 Å². The van der Waals surface area contributed by atoms with Crippen molar-refractivity contribution in [3.8, 4) is 0 Å². The first kappa shape index (κ1) is 35.7. The Morgan fingerprint density at radius 1 is 1.12 bits per heavy atom. The third-order valence-electron chi connectivity index (χ3n) is 8.02. The number of carbonyl (C=O) groups excluding carboxylic acids is 4. The van der Waals surface area contributed by atoms with E-state index in [9.17, 15) is 37.3 Å². The van der Waals surface area contributed by atoms with Crippen LogP contribution in [0.4, 0.5) is 4.79 Å². The summed E-state index contributed by atoms with van der Waals surface area (Å²) in [5.41, 5.74) is -2.47. The van der Waals surface area contributed by atoms with Crippen molar-refractivity contribution in [1.82, 2.24) is 20.9 Å². The molecule has 0 aromatic rings. The van der Waals surface area contributed by atoms with Gasteiger partial charge >= 0.3 is 35.7 Å². The quantitative estimate of drug-likeness (QED) is 0.130. The first-order valence-electron chi connectivity index (χ1n) is 14.3. The summed E-state index contributed by atoms with van der Waals surface area (Å²) in [6, 6.07) is -2.94. The predicted molar refractivity (Wildman–Crippen MR) is 142 cm³/mol. The third kappa shape index (κ3) is 11.0. The number of nitrogens with one attached hydrogen (secondary N) is 3. The van der Waals surface area contributed by atoms with Crippen LogP contribution in [0.1, 0.15) is 78.1 Å². The largest absolute Gasteiger partial charge is 1.00 e.